The highest BCUT2D eigenvalue weighted by Crippen LogP contribution is 2.40. The monoisotopic (exact) mass is 469 g/mol. The lowest BCUT2D eigenvalue weighted by Crippen LogP contribution is -2.23. The quantitative estimate of drug-likeness (QED) is 0.451. The number of phenolic OH excluding ortho intramolecular Hbond substituents is 1. The lowest BCUT2D eigenvalue weighted by molar-refractivity contribution is -0.154. The van der Waals surface area contributed by atoms with Crippen LogP contribution in [0.15, 0.2) is 33.5 Å². The van der Waals surface area contributed by atoms with Crippen molar-refractivity contribution in [2.45, 2.75) is 40.4 Å². The number of halogens is 4. The van der Waals surface area contributed by atoms with Crippen LogP contribution in [-0.4, -0.2) is 23.1 Å². The predicted molar refractivity (Wildman–Crippen MR) is 117 cm³/mol. The van der Waals surface area contributed by atoms with E-state index in [1.807, 2.05) is 18.7 Å². The summed E-state index contributed by atoms with van der Waals surface area (Å²) in [4.78, 5) is 15.0. The second-order valence-corrected chi connectivity index (χ2v) is 7.84. The SMILES string of the molecule is CCN(CC)Cc1c(O)ccc2c(=O)c(Oc3cc(C)c(Cl)c(C)c3)c(C(F)(F)F)oc12. The summed E-state index contributed by atoms with van der Waals surface area (Å²) in [6.07, 6.45) is -5.00. The first-order valence-electron chi connectivity index (χ1n) is 10.0. The molecule has 0 bridgehead atoms. The average molecular weight is 470 g/mol. The summed E-state index contributed by atoms with van der Waals surface area (Å²) in [5.41, 5.74) is -0.00753. The lowest BCUT2D eigenvalue weighted by Gasteiger charge is -2.20. The van der Waals surface area contributed by atoms with E-state index < -0.39 is 23.1 Å². The molecule has 172 valence electrons. The van der Waals surface area contributed by atoms with Gasteiger partial charge in [-0.15, -0.1) is 0 Å². The molecule has 0 aliphatic heterocycles. The summed E-state index contributed by atoms with van der Waals surface area (Å²) >= 11 is 6.12. The van der Waals surface area contributed by atoms with E-state index in [1.54, 1.807) is 13.8 Å². The van der Waals surface area contributed by atoms with Gasteiger partial charge in [0, 0.05) is 11.6 Å². The number of aromatic hydroxyl groups is 1. The molecule has 0 saturated heterocycles. The molecule has 3 aromatic rings. The zero-order chi connectivity index (χ0) is 23.8. The zero-order valence-corrected chi connectivity index (χ0v) is 18.8. The van der Waals surface area contributed by atoms with Crippen molar-refractivity contribution in [2.24, 2.45) is 0 Å². The smallest absolute Gasteiger partial charge is 0.453 e. The van der Waals surface area contributed by atoms with Crippen molar-refractivity contribution in [3.8, 4) is 17.2 Å². The van der Waals surface area contributed by atoms with Gasteiger partial charge >= 0.3 is 6.18 Å². The van der Waals surface area contributed by atoms with Crippen molar-refractivity contribution in [1.82, 2.24) is 4.90 Å². The number of aryl methyl sites for hydroxylation is 2. The molecule has 32 heavy (non-hydrogen) atoms. The highest BCUT2D eigenvalue weighted by Gasteiger charge is 2.41. The molecule has 0 unspecified atom stereocenters. The Balaban J connectivity index is 2.27. The van der Waals surface area contributed by atoms with E-state index in [-0.39, 0.29) is 34.6 Å². The van der Waals surface area contributed by atoms with Crippen molar-refractivity contribution >= 4 is 22.6 Å². The molecule has 2 aromatic carbocycles. The molecule has 9 heteroatoms. The first kappa shape index (κ1) is 23.9. The Morgan fingerprint density at radius 2 is 1.72 bits per heavy atom. The summed E-state index contributed by atoms with van der Waals surface area (Å²) < 4.78 is 52.4. The minimum Gasteiger partial charge on any atom is -0.507 e. The Labute approximate surface area is 188 Å². The molecule has 0 aliphatic carbocycles. The normalized spacial score (nSPS) is 12.0. The second kappa shape index (κ2) is 9.03. The van der Waals surface area contributed by atoms with E-state index in [2.05, 4.69) is 0 Å². The summed E-state index contributed by atoms with van der Waals surface area (Å²) in [5, 5.41) is 10.6. The van der Waals surface area contributed by atoms with Crippen molar-refractivity contribution in [1.29, 1.82) is 0 Å². The maximum atomic E-state index is 13.9. The highest BCUT2D eigenvalue weighted by atomic mass is 35.5. The van der Waals surface area contributed by atoms with E-state index >= 15 is 0 Å². The third-order valence-electron chi connectivity index (χ3n) is 5.26. The number of benzene rings is 2. The lowest BCUT2D eigenvalue weighted by atomic mass is 10.1. The standard InChI is InChI=1S/C23H23ClF3NO4/c1-5-28(6-2)11-16-17(29)8-7-15-19(30)21(22(23(25,26)27)32-20(15)16)31-14-9-12(3)18(24)13(4)10-14/h7-10,29H,5-6,11H2,1-4H3. The van der Waals surface area contributed by atoms with E-state index in [4.69, 9.17) is 20.8 Å². The first-order chi connectivity index (χ1) is 15.0. The van der Waals surface area contributed by atoms with Crippen LogP contribution in [-0.2, 0) is 12.7 Å². The Bertz CT molecular complexity index is 1190. The van der Waals surface area contributed by atoms with E-state index in [0.29, 0.717) is 29.2 Å². The van der Waals surface area contributed by atoms with Crippen LogP contribution in [0.1, 0.15) is 36.3 Å². The van der Waals surface area contributed by atoms with Gasteiger partial charge in [-0.25, -0.2) is 0 Å². The van der Waals surface area contributed by atoms with Crippen LogP contribution in [0, 0.1) is 13.8 Å². The highest BCUT2D eigenvalue weighted by molar-refractivity contribution is 6.32. The molecule has 1 aromatic heterocycles. The summed E-state index contributed by atoms with van der Waals surface area (Å²) in [7, 11) is 0. The topological polar surface area (TPSA) is 62.9 Å². The minimum absolute atomic E-state index is 0.0312. The average Bonchev–Trinajstić information content (AvgIpc) is 2.72. The number of nitrogens with zero attached hydrogens (tertiary/aromatic N) is 1. The van der Waals surface area contributed by atoms with E-state index in [9.17, 15) is 23.1 Å². The number of rotatable bonds is 6. The summed E-state index contributed by atoms with van der Waals surface area (Å²) in [5.74, 6) is -2.75. The van der Waals surface area contributed by atoms with Gasteiger partial charge in [0.15, 0.2) is 0 Å². The maximum Gasteiger partial charge on any atom is 0.453 e. The molecule has 0 saturated carbocycles. The van der Waals surface area contributed by atoms with Gasteiger partial charge in [0.2, 0.25) is 11.2 Å². The summed E-state index contributed by atoms with van der Waals surface area (Å²) in [6, 6.07) is 5.39. The number of fused-ring (bicyclic) bond motifs is 1. The van der Waals surface area contributed by atoms with Crippen LogP contribution in [0.5, 0.6) is 17.2 Å². The van der Waals surface area contributed by atoms with Crippen LogP contribution < -0.4 is 10.2 Å². The van der Waals surface area contributed by atoms with Gasteiger partial charge in [0.1, 0.15) is 17.1 Å². The fourth-order valence-corrected chi connectivity index (χ4v) is 3.58. The molecule has 0 atom stereocenters. The van der Waals surface area contributed by atoms with E-state index in [1.165, 1.54) is 24.3 Å². The summed E-state index contributed by atoms with van der Waals surface area (Å²) in [6.45, 7) is 8.43. The predicted octanol–water partition coefficient (Wildman–Crippen LogP) is 6.42. The Morgan fingerprint density at radius 3 is 2.25 bits per heavy atom. The molecular weight excluding hydrogens is 447 g/mol. The zero-order valence-electron chi connectivity index (χ0n) is 18.1. The number of alkyl halides is 3. The molecule has 1 N–H and O–H groups in total. The third kappa shape index (κ3) is 4.56. The Morgan fingerprint density at radius 1 is 1.12 bits per heavy atom. The van der Waals surface area contributed by atoms with Crippen molar-refractivity contribution in [3.63, 3.8) is 0 Å². The fourth-order valence-electron chi connectivity index (χ4n) is 3.47. The van der Waals surface area contributed by atoms with Gasteiger partial charge in [-0.2, -0.15) is 13.2 Å². The van der Waals surface area contributed by atoms with Crippen LogP contribution in [0.2, 0.25) is 5.02 Å². The number of phenols is 1. The van der Waals surface area contributed by atoms with E-state index in [0.717, 1.165) is 0 Å². The second-order valence-electron chi connectivity index (χ2n) is 7.46. The molecule has 0 aliphatic rings. The third-order valence-corrected chi connectivity index (χ3v) is 5.86. The Hall–Kier alpha value is -2.71. The number of ether oxygens (including phenoxy) is 1. The van der Waals surface area contributed by atoms with Crippen LogP contribution in [0.25, 0.3) is 11.0 Å². The first-order valence-corrected chi connectivity index (χ1v) is 10.4. The van der Waals surface area contributed by atoms with Crippen molar-refractivity contribution in [3.05, 3.63) is 62.0 Å². The largest absolute Gasteiger partial charge is 0.507 e. The maximum absolute atomic E-state index is 13.9. The molecule has 0 amide bonds. The van der Waals surface area contributed by atoms with Crippen LogP contribution in [0.3, 0.4) is 0 Å². The van der Waals surface area contributed by atoms with Crippen LogP contribution in [0.4, 0.5) is 13.2 Å². The minimum atomic E-state index is -5.00. The molecule has 0 radical (unpaired) electrons. The van der Waals surface area contributed by atoms with Gasteiger partial charge < -0.3 is 14.3 Å². The molecular formula is C23H23ClF3NO4. The molecule has 0 fully saturated rings. The van der Waals surface area contributed by atoms with Crippen molar-refractivity contribution in [2.75, 3.05) is 13.1 Å². The van der Waals surface area contributed by atoms with Gasteiger partial charge in [-0.1, -0.05) is 25.4 Å². The van der Waals surface area contributed by atoms with Crippen molar-refractivity contribution < 1.29 is 27.4 Å². The molecule has 0 spiro atoms. The van der Waals surface area contributed by atoms with Crippen LogP contribution >= 0.6 is 11.6 Å². The van der Waals surface area contributed by atoms with Gasteiger partial charge in [0.25, 0.3) is 5.76 Å². The van der Waals surface area contributed by atoms with Gasteiger partial charge in [0.05, 0.1) is 10.9 Å². The molecule has 1 heterocycles. The number of hydrogen-bond donors (Lipinski definition) is 1. The fraction of sp³-hybridized carbons (Fsp3) is 0.348. The molecule has 3 rings (SSSR count). The molecule has 5 nitrogen and oxygen atoms in total. The number of hydrogen-bond acceptors (Lipinski definition) is 5. The van der Waals surface area contributed by atoms with Gasteiger partial charge in [-0.05, 0) is 62.3 Å². The van der Waals surface area contributed by atoms with Gasteiger partial charge in [-0.3, -0.25) is 9.69 Å². The Kier molecular flexibility index (Phi) is 6.76.